The topological polar surface area (TPSA) is 106 Å². The second-order valence-electron chi connectivity index (χ2n) is 8.65. The van der Waals surface area contributed by atoms with Crippen molar-refractivity contribution in [2.24, 2.45) is 0 Å². The summed E-state index contributed by atoms with van der Waals surface area (Å²) in [6.07, 6.45) is 6.61. The number of hydrogen-bond donors (Lipinski definition) is 1. The zero-order valence-corrected chi connectivity index (χ0v) is 20.4. The fourth-order valence-electron chi connectivity index (χ4n) is 4.43. The van der Waals surface area contributed by atoms with Crippen molar-refractivity contribution >= 4 is 39.7 Å². The lowest BCUT2D eigenvalue weighted by atomic mass is 9.82. The van der Waals surface area contributed by atoms with Crippen LogP contribution in [0.4, 0.5) is 0 Å². The van der Waals surface area contributed by atoms with E-state index in [1.165, 1.54) is 10.3 Å². The van der Waals surface area contributed by atoms with Crippen LogP contribution in [0, 0.1) is 6.92 Å². The Labute approximate surface area is 203 Å². The smallest absolute Gasteiger partial charge is 0.376 e. The highest BCUT2D eigenvalue weighted by Crippen LogP contribution is 2.34. The predicted octanol–water partition coefficient (Wildman–Crippen LogP) is 3.24. The second-order valence-corrected chi connectivity index (χ2v) is 10.8. The highest BCUT2D eigenvalue weighted by atomic mass is 35.5. The number of rotatable bonds is 5. The van der Waals surface area contributed by atoms with Gasteiger partial charge < -0.3 is 9.83 Å². The van der Waals surface area contributed by atoms with Crippen LogP contribution in [0.1, 0.15) is 24.4 Å². The summed E-state index contributed by atoms with van der Waals surface area (Å²) in [5.41, 5.74) is 2.20. The molecule has 12 heteroatoms. The molecule has 0 spiro atoms. The van der Waals surface area contributed by atoms with E-state index in [9.17, 15) is 13.4 Å². The highest BCUT2D eigenvalue weighted by molar-refractivity contribution is 7.90. The van der Waals surface area contributed by atoms with Crippen molar-refractivity contribution in [3.63, 3.8) is 0 Å². The molecule has 5 rings (SSSR count). The van der Waals surface area contributed by atoms with Crippen molar-refractivity contribution in [3.8, 4) is 11.3 Å². The number of fused-ring (bicyclic) bond motifs is 1. The van der Waals surface area contributed by atoms with Gasteiger partial charge in [0.1, 0.15) is 11.5 Å². The Hall–Kier alpha value is -2.73. The Morgan fingerprint density at radius 3 is 2.71 bits per heavy atom. The molecule has 1 atom stereocenters. The first-order valence-corrected chi connectivity index (χ1v) is 12.9. The Balaban J connectivity index is 1.63. The minimum atomic E-state index is -3.98. The molecule has 4 heterocycles. The molecule has 1 N–H and O–H groups in total. The van der Waals surface area contributed by atoms with Crippen molar-refractivity contribution < 1.29 is 13.4 Å². The number of aromatic nitrogens is 5. The maximum Gasteiger partial charge on any atom is 0.376 e. The number of piperidine rings is 1. The van der Waals surface area contributed by atoms with Crippen molar-refractivity contribution in [1.29, 1.82) is 0 Å². The standard InChI is InChI=1S/C22H24BClN6O3S/c1-15-5-7-18(8-6-15)34(32,33)30-20(10-19-21(24)25-14-26-22(19)30)16-11-27-29(12-16)17-4-3-9-28(13-17)23(2)31/h5-8,10-12,14,17,31H,3-4,9,13H2,1-2H3. The maximum absolute atomic E-state index is 13.7. The van der Waals surface area contributed by atoms with Gasteiger partial charge >= 0.3 is 7.05 Å². The van der Waals surface area contributed by atoms with Gasteiger partial charge in [0.15, 0.2) is 5.65 Å². The second kappa shape index (κ2) is 8.81. The van der Waals surface area contributed by atoms with Crippen molar-refractivity contribution in [2.75, 3.05) is 13.1 Å². The Bertz CT molecular complexity index is 1450. The summed E-state index contributed by atoms with van der Waals surface area (Å²) in [5.74, 6) is 0. The number of aryl methyl sites for hydroxylation is 1. The van der Waals surface area contributed by atoms with E-state index < -0.39 is 17.1 Å². The third-order valence-corrected chi connectivity index (χ3v) is 8.31. The van der Waals surface area contributed by atoms with Gasteiger partial charge in [-0.25, -0.2) is 22.4 Å². The molecule has 9 nitrogen and oxygen atoms in total. The highest BCUT2D eigenvalue weighted by Gasteiger charge is 2.29. The van der Waals surface area contributed by atoms with E-state index in [1.54, 1.807) is 43.4 Å². The fourth-order valence-corrected chi connectivity index (χ4v) is 6.09. The molecule has 176 valence electrons. The molecule has 1 aromatic carbocycles. The number of hydrogen-bond acceptors (Lipinski definition) is 7. The van der Waals surface area contributed by atoms with Gasteiger partial charge in [0.25, 0.3) is 10.0 Å². The molecule has 0 amide bonds. The zero-order chi connectivity index (χ0) is 24.0. The van der Waals surface area contributed by atoms with Crippen molar-refractivity contribution in [1.82, 2.24) is 28.5 Å². The third kappa shape index (κ3) is 4.02. The zero-order valence-electron chi connectivity index (χ0n) is 18.8. The van der Waals surface area contributed by atoms with Crippen LogP contribution in [0.3, 0.4) is 0 Å². The lowest BCUT2D eigenvalue weighted by molar-refractivity contribution is 0.233. The van der Waals surface area contributed by atoms with Gasteiger partial charge in [0.05, 0.1) is 28.2 Å². The van der Waals surface area contributed by atoms with Gasteiger partial charge in [-0.15, -0.1) is 0 Å². The molecule has 1 aliphatic rings. The lowest BCUT2D eigenvalue weighted by Gasteiger charge is -2.33. The Morgan fingerprint density at radius 2 is 1.97 bits per heavy atom. The molecule has 0 aliphatic carbocycles. The molecule has 1 aliphatic heterocycles. The minimum Gasteiger partial charge on any atom is -0.437 e. The van der Waals surface area contributed by atoms with E-state index in [0.29, 0.717) is 23.2 Å². The Kier molecular flexibility index (Phi) is 5.97. The molecule has 0 radical (unpaired) electrons. The summed E-state index contributed by atoms with van der Waals surface area (Å²) in [6.45, 7) is 5.16. The molecule has 1 unspecified atom stereocenters. The van der Waals surface area contributed by atoms with Crippen LogP contribution in [-0.2, 0) is 10.0 Å². The first-order valence-electron chi connectivity index (χ1n) is 11.1. The molecule has 34 heavy (non-hydrogen) atoms. The van der Waals surface area contributed by atoms with Crippen molar-refractivity contribution in [2.45, 2.75) is 37.5 Å². The largest absolute Gasteiger partial charge is 0.437 e. The van der Waals surface area contributed by atoms with Crippen LogP contribution < -0.4 is 0 Å². The van der Waals surface area contributed by atoms with Crippen LogP contribution in [0.15, 0.2) is 53.9 Å². The van der Waals surface area contributed by atoms with Crippen LogP contribution in [0.5, 0.6) is 0 Å². The van der Waals surface area contributed by atoms with E-state index in [2.05, 4.69) is 15.1 Å². The number of nitrogens with zero attached hydrogens (tertiary/aromatic N) is 6. The molecule has 1 fully saturated rings. The molecule has 0 bridgehead atoms. The van der Waals surface area contributed by atoms with Gasteiger partial charge in [0.2, 0.25) is 0 Å². The van der Waals surface area contributed by atoms with E-state index in [4.69, 9.17) is 11.6 Å². The van der Waals surface area contributed by atoms with E-state index in [1.807, 2.05) is 22.6 Å². The molecular weight excluding hydrogens is 475 g/mol. The Morgan fingerprint density at radius 1 is 1.21 bits per heavy atom. The normalized spacial score (nSPS) is 17.4. The average Bonchev–Trinajstić information content (AvgIpc) is 3.45. The van der Waals surface area contributed by atoms with Gasteiger partial charge in [-0.3, -0.25) is 4.68 Å². The fraction of sp³-hybridized carbons (Fsp3) is 0.318. The minimum absolute atomic E-state index is 0.0759. The molecule has 1 saturated heterocycles. The quantitative estimate of drug-likeness (QED) is 0.332. The molecule has 4 aromatic rings. The third-order valence-electron chi connectivity index (χ3n) is 6.29. The van der Waals surface area contributed by atoms with Crippen LogP contribution in [0.25, 0.3) is 22.3 Å². The maximum atomic E-state index is 13.7. The van der Waals surface area contributed by atoms with Crippen LogP contribution >= 0.6 is 11.6 Å². The molecule has 0 saturated carbocycles. The van der Waals surface area contributed by atoms with Crippen LogP contribution in [-0.4, -0.2) is 62.1 Å². The average molecular weight is 499 g/mol. The summed E-state index contributed by atoms with van der Waals surface area (Å²) in [5, 5.41) is 15.1. The molecular formula is C22H24BClN6O3S. The van der Waals surface area contributed by atoms with E-state index in [0.717, 1.165) is 24.9 Å². The summed E-state index contributed by atoms with van der Waals surface area (Å²) < 4.78 is 30.6. The summed E-state index contributed by atoms with van der Waals surface area (Å²) in [6, 6.07) is 8.45. The monoisotopic (exact) mass is 498 g/mol. The number of halogens is 1. The van der Waals surface area contributed by atoms with Gasteiger partial charge in [-0.2, -0.15) is 5.10 Å². The van der Waals surface area contributed by atoms with Gasteiger partial charge in [0, 0.05) is 18.3 Å². The van der Waals surface area contributed by atoms with Gasteiger partial charge in [-0.05, 0) is 51.3 Å². The molecule has 3 aromatic heterocycles. The first-order chi connectivity index (χ1) is 16.3. The van der Waals surface area contributed by atoms with E-state index >= 15 is 0 Å². The summed E-state index contributed by atoms with van der Waals surface area (Å²) in [7, 11) is -4.51. The van der Waals surface area contributed by atoms with Crippen LogP contribution in [0.2, 0.25) is 12.0 Å². The lowest BCUT2D eigenvalue weighted by Crippen LogP contribution is -2.44. The van der Waals surface area contributed by atoms with Gasteiger partial charge in [-0.1, -0.05) is 29.3 Å². The van der Waals surface area contributed by atoms with E-state index in [-0.39, 0.29) is 21.7 Å². The SMILES string of the molecule is CB(O)N1CCCC(n2cc(-c3cc4c(Cl)ncnc4n3S(=O)(=O)c3ccc(C)cc3)cn2)C1. The first kappa shape index (κ1) is 23.0. The number of benzene rings is 1. The predicted molar refractivity (Wildman–Crippen MR) is 131 cm³/mol. The summed E-state index contributed by atoms with van der Waals surface area (Å²) in [4.78, 5) is 10.4. The van der Waals surface area contributed by atoms with Crippen molar-refractivity contribution in [3.05, 3.63) is 59.8 Å². The summed E-state index contributed by atoms with van der Waals surface area (Å²) >= 11 is 6.31.